The van der Waals surface area contributed by atoms with Crippen molar-refractivity contribution in [2.24, 2.45) is 5.92 Å². The number of thiophene rings is 1. The second kappa shape index (κ2) is 3.78. The zero-order valence-corrected chi connectivity index (χ0v) is 8.63. The minimum atomic E-state index is 0.324. The van der Waals surface area contributed by atoms with Crippen LogP contribution in [0.5, 0.6) is 0 Å². The fourth-order valence-corrected chi connectivity index (χ4v) is 2.80. The summed E-state index contributed by atoms with van der Waals surface area (Å²) < 4.78 is 0. The molecule has 72 valence electrons. The van der Waals surface area contributed by atoms with Gasteiger partial charge in [-0.05, 0) is 41.8 Å². The van der Waals surface area contributed by atoms with Crippen molar-refractivity contribution in [3.05, 3.63) is 22.4 Å². The fraction of sp³-hybridized carbons (Fsp3) is 0.600. The molecule has 1 aromatic heterocycles. The van der Waals surface area contributed by atoms with E-state index < -0.39 is 0 Å². The van der Waals surface area contributed by atoms with Gasteiger partial charge in [0.15, 0.2) is 0 Å². The van der Waals surface area contributed by atoms with Gasteiger partial charge in [-0.15, -0.1) is 0 Å². The van der Waals surface area contributed by atoms with Crippen molar-refractivity contribution in [3.8, 4) is 0 Å². The van der Waals surface area contributed by atoms with Crippen LogP contribution in [0.1, 0.15) is 18.0 Å². The smallest absolute Gasteiger partial charge is 0.0472 e. The molecule has 2 rings (SSSR count). The molecule has 0 aliphatic carbocycles. The molecule has 0 spiro atoms. The highest BCUT2D eigenvalue weighted by Gasteiger charge is 2.29. The molecule has 0 bridgehead atoms. The van der Waals surface area contributed by atoms with E-state index in [2.05, 4.69) is 28.8 Å². The molecular formula is C10H15NOS. The first kappa shape index (κ1) is 9.19. The molecule has 2 nitrogen and oxygen atoms in total. The van der Waals surface area contributed by atoms with E-state index in [1.807, 2.05) is 0 Å². The van der Waals surface area contributed by atoms with Gasteiger partial charge in [0.25, 0.3) is 0 Å². The van der Waals surface area contributed by atoms with Gasteiger partial charge >= 0.3 is 0 Å². The van der Waals surface area contributed by atoms with Crippen molar-refractivity contribution in [3.63, 3.8) is 0 Å². The number of hydrogen-bond acceptors (Lipinski definition) is 3. The Morgan fingerprint density at radius 1 is 1.69 bits per heavy atom. The molecular weight excluding hydrogens is 182 g/mol. The highest BCUT2D eigenvalue weighted by Crippen LogP contribution is 2.34. The Morgan fingerprint density at radius 2 is 2.54 bits per heavy atom. The number of aliphatic hydroxyl groups excluding tert-OH is 1. The van der Waals surface area contributed by atoms with Gasteiger partial charge < -0.3 is 5.11 Å². The third-order valence-corrected chi connectivity index (χ3v) is 3.52. The lowest BCUT2D eigenvalue weighted by Crippen LogP contribution is -2.18. The van der Waals surface area contributed by atoms with Crippen LogP contribution in [0.15, 0.2) is 16.8 Å². The Kier molecular flexibility index (Phi) is 2.67. The monoisotopic (exact) mass is 197 g/mol. The molecule has 13 heavy (non-hydrogen) atoms. The first-order valence-electron chi connectivity index (χ1n) is 4.64. The third kappa shape index (κ3) is 1.77. The number of rotatable bonds is 2. The normalized spacial score (nSPS) is 29.7. The summed E-state index contributed by atoms with van der Waals surface area (Å²) >= 11 is 1.75. The summed E-state index contributed by atoms with van der Waals surface area (Å²) in [5.74, 6) is 0.467. The van der Waals surface area contributed by atoms with Gasteiger partial charge in [-0.2, -0.15) is 11.3 Å². The van der Waals surface area contributed by atoms with Crippen LogP contribution in [0.3, 0.4) is 0 Å². The molecule has 0 saturated carbocycles. The molecule has 0 unspecified atom stereocenters. The van der Waals surface area contributed by atoms with E-state index in [9.17, 15) is 0 Å². The number of likely N-dealkylation sites (tertiary alicyclic amines) is 1. The van der Waals surface area contributed by atoms with Gasteiger partial charge in [0.2, 0.25) is 0 Å². The zero-order chi connectivity index (χ0) is 9.26. The summed E-state index contributed by atoms with van der Waals surface area (Å²) in [7, 11) is 2.14. The van der Waals surface area contributed by atoms with E-state index in [1.165, 1.54) is 5.56 Å². The fourth-order valence-electron chi connectivity index (χ4n) is 2.09. The van der Waals surface area contributed by atoms with E-state index in [0.29, 0.717) is 18.6 Å². The van der Waals surface area contributed by atoms with Crippen LogP contribution in [0.4, 0.5) is 0 Å². The molecule has 1 N–H and O–H groups in total. The van der Waals surface area contributed by atoms with Crippen molar-refractivity contribution in [2.75, 3.05) is 20.2 Å². The maximum atomic E-state index is 9.08. The average Bonchev–Trinajstić information content (AvgIpc) is 2.72. The summed E-state index contributed by atoms with van der Waals surface area (Å²) in [6, 6.07) is 2.72. The zero-order valence-electron chi connectivity index (χ0n) is 7.81. The summed E-state index contributed by atoms with van der Waals surface area (Å²) in [5.41, 5.74) is 1.41. The first-order chi connectivity index (χ1) is 6.31. The maximum Gasteiger partial charge on any atom is 0.0472 e. The molecule has 0 radical (unpaired) electrons. The first-order valence-corrected chi connectivity index (χ1v) is 5.58. The van der Waals surface area contributed by atoms with E-state index in [1.54, 1.807) is 11.3 Å². The second-order valence-electron chi connectivity index (χ2n) is 3.80. The third-order valence-electron chi connectivity index (χ3n) is 2.82. The van der Waals surface area contributed by atoms with E-state index in [-0.39, 0.29) is 0 Å². The number of nitrogens with zero attached hydrogens (tertiary/aromatic N) is 1. The minimum Gasteiger partial charge on any atom is -0.396 e. The Morgan fingerprint density at radius 3 is 3.08 bits per heavy atom. The van der Waals surface area contributed by atoms with Crippen LogP contribution < -0.4 is 0 Å². The van der Waals surface area contributed by atoms with Gasteiger partial charge in [-0.25, -0.2) is 0 Å². The molecule has 1 fully saturated rings. The van der Waals surface area contributed by atoms with Crippen molar-refractivity contribution < 1.29 is 5.11 Å². The lowest BCUT2D eigenvalue weighted by atomic mass is 10.0. The summed E-state index contributed by atoms with van der Waals surface area (Å²) in [4.78, 5) is 2.34. The largest absolute Gasteiger partial charge is 0.396 e. The SMILES string of the molecule is CN1C[C@@H](CO)C[C@@H]1c1ccsc1. The predicted molar refractivity (Wildman–Crippen MR) is 54.9 cm³/mol. The van der Waals surface area contributed by atoms with Gasteiger partial charge in [0.1, 0.15) is 0 Å². The van der Waals surface area contributed by atoms with Crippen molar-refractivity contribution >= 4 is 11.3 Å². The standard InChI is InChI=1S/C10H15NOS/c1-11-5-8(6-12)4-10(11)9-2-3-13-7-9/h2-3,7-8,10,12H,4-6H2,1H3/t8-,10+/m0/s1. The Labute approximate surface area is 82.8 Å². The Hall–Kier alpha value is -0.380. The molecule has 0 aromatic carbocycles. The molecule has 1 aliphatic rings. The van der Waals surface area contributed by atoms with Crippen LogP contribution in [0, 0.1) is 5.92 Å². The summed E-state index contributed by atoms with van der Waals surface area (Å²) in [6.07, 6.45) is 1.10. The van der Waals surface area contributed by atoms with Crippen LogP contribution >= 0.6 is 11.3 Å². The second-order valence-corrected chi connectivity index (χ2v) is 4.58. The Balaban J connectivity index is 2.09. The van der Waals surface area contributed by atoms with Gasteiger partial charge in [-0.1, -0.05) is 0 Å². The van der Waals surface area contributed by atoms with Crippen molar-refractivity contribution in [1.82, 2.24) is 4.90 Å². The van der Waals surface area contributed by atoms with Crippen LogP contribution in [-0.2, 0) is 0 Å². The number of hydrogen-bond donors (Lipinski definition) is 1. The lowest BCUT2D eigenvalue weighted by Gasteiger charge is -2.17. The van der Waals surface area contributed by atoms with Crippen LogP contribution in [0.2, 0.25) is 0 Å². The lowest BCUT2D eigenvalue weighted by molar-refractivity contribution is 0.227. The summed E-state index contributed by atoms with van der Waals surface area (Å²) in [5, 5.41) is 13.4. The number of aliphatic hydroxyl groups is 1. The molecule has 2 atom stereocenters. The topological polar surface area (TPSA) is 23.5 Å². The molecule has 2 heterocycles. The van der Waals surface area contributed by atoms with E-state index in [4.69, 9.17) is 5.11 Å². The highest BCUT2D eigenvalue weighted by atomic mass is 32.1. The van der Waals surface area contributed by atoms with E-state index >= 15 is 0 Å². The Bertz CT molecular complexity index is 260. The summed E-state index contributed by atoms with van der Waals surface area (Å²) in [6.45, 7) is 1.35. The van der Waals surface area contributed by atoms with Crippen molar-refractivity contribution in [2.45, 2.75) is 12.5 Å². The molecule has 3 heteroatoms. The molecule has 1 saturated heterocycles. The maximum absolute atomic E-state index is 9.08. The quantitative estimate of drug-likeness (QED) is 0.780. The molecule has 1 aliphatic heterocycles. The predicted octanol–water partition coefficient (Wildman–Crippen LogP) is 1.73. The van der Waals surface area contributed by atoms with Gasteiger partial charge in [-0.3, -0.25) is 4.90 Å². The average molecular weight is 197 g/mol. The van der Waals surface area contributed by atoms with Crippen LogP contribution in [0.25, 0.3) is 0 Å². The van der Waals surface area contributed by atoms with Crippen molar-refractivity contribution in [1.29, 1.82) is 0 Å². The molecule has 1 aromatic rings. The molecule has 0 amide bonds. The van der Waals surface area contributed by atoms with Gasteiger partial charge in [0, 0.05) is 19.2 Å². The van der Waals surface area contributed by atoms with E-state index in [0.717, 1.165) is 13.0 Å². The van der Waals surface area contributed by atoms with Gasteiger partial charge in [0.05, 0.1) is 0 Å². The van der Waals surface area contributed by atoms with Crippen LogP contribution in [-0.4, -0.2) is 30.2 Å². The minimum absolute atomic E-state index is 0.324. The highest BCUT2D eigenvalue weighted by molar-refractivity contribution is 7.07.